The summed E-state index contributed by atoms with van der Waals surface area (Å²) in [6.45, 7) is 7.34. The fraction of sp³-hybridized carbons (Fsp3) is 0.375. The molecule has 3 nitrogen and oxygen atoms in total. The van der Waals surface area contributed by atoms with Gasteiger partial charge in [0.25, 0.3) is 0 Å². The fourth-order valence-electron chi connectivity index (χ4n) is 4.35. The average molecular weight is 362 g/mol. The highest BCUT2D eigenvalue weighted by Crippen LogP contribution is 2.23. The zero-order chi connectivity index (χ0) is 18.8. The molecular formula is C24H28NO2+. The van der Waals surface area contributed by atoms with Crippen LogP contribution in [0.1, 0.15) is 35.1 Å². The molecule has 27 heavy (non-hydrogen) atoms. The summed E-state index contributed by atoms with van der Waals surface area (Å²) in [5.41, 5.74) is 5.34. The number of aryl methyl sites for hydroxylation is 2. The zero-order valence-corrected chi connectivity index (χ0v) is 16.3. The lowest BCUT2D eigenvalue weighted by atomic mass is 9.90. The van der Waals surface area contributed by atoms with Crippen LogP contribution in [0, 0.1) is 19.8 Å². The number of fused-ring (bicyclic) bond motifs is 1. The van der Waals surface area contributed by atoms with Crippen molar-refractivity contribution in [2.45, 2.75) is 39.7 Å². The molecule has 1 aliphatic rings. The van der Waals surface area contributed by atoms with Crippen LogP contribution in [-0.2, 0) is 13.0 Å². The Bertz CT molecular complexity index is 982. The lowest BCUT2D eigenvalue weighted by Gasteiger charge is -2.29. The number of nitrogens with one attached hydrogen (secondary N) is 1. The Labute approximate surface area is 160 Å². The van der Waals surface area contributed by atoms with E-state index in [2.05, 4.69) is 49.4 Å². The summed E-state index contributed by atoms with van der Waals surface area (Å²) >= 11 is 0. The van der Waals surface area contributed by atoms with Crippen molar-refractivity contribution in [3.63, 3.8) is 0 Å². The van der Waals surface area contributed by atoms with Crippen LogP contribution in [0.3, 0.4) is 0 Å². The topological polar surface area (TPSA) is 34.7 Å². The SMILES string of the molecule is Cc1ccc2c(C[NH+]3CCC(Cc4ccccc4)CC3)cc(=O)oc2c1C. The number of hydrogen-bond donors (Lipinski definition) is 1. The van der Waals surface area contributed by atoms with Gasteiger partial charge in [-0.05, 0) is 55.7 Å². The van der Waals surface area contributed by atoms with E-state index in [1.165, 1.54) is 37.9 Å². The molecule has 1 aromatic heterocycles. The number of rotatable bonds is 4. The maximum absolute atomic E-state index is 12.1. The normalized spacial score (nSPS) is 20.1. The molecule has 2 aromatic carbocycles. The zero-order valence-electron chi connectivity index (χ0n) is 16.3. The van der Waals surface area contributed by atoms with Gasteiger partial charge in [0.1, 0.15) is 12.1 Å². The number of hydrogen-bond acceptors (Lipinski definition) is 2. The lowest BCUT2D eigenvalue weighted by molar-refractivity contribution is -0.919. The van der Waals surface area contributed by atoms with Gasteiger partial charge in [-0.25, -0.2) is 4.79 Å². The van der Waals surface area contributed by atoms with E-state index in [0.29, 0.717) is 0 Å². The third-order valence-corrected chi connectivity index (χ3v) is 6.14. The van der Waals surface area contributed by atoms with Crippen molar-refractivity contribution in [3.05, 3.63) is 81.2 Å². The van der Waals surface area contributed by atoms with Gasteiger partial charge < -0.3 is 9.32 Å². The average Bonchev–Trinajstić information content (AvgIpc) is 2.67. The molecule has 2 heterocycles. The summed E-state index contributed by atoms with van der Waals surface area (Å²) in [5, 5.41) is 1.09. The molecule has 1 saturated heterocycles. The Balaban J connectivity index is 1.46. The number of benzene rings is 2. The van der Waals surface area contributed by atoms with Gasteiger partial charge >= 0.3 is 5.63 Å². The number of quaternary nitrogens is 1. The molecule has 0 aliphatic carbocycles. The van der Waals surface area contributed by atoms with Crippen molar-refractivity contribution < 1.29 is 9.32 Å². The summed E-state index contributed by atoms with van der Waals surface area (Å²) in [4.78, 5) is 13.7. The standard InChI is InChI=1S/C24H27NO2/c1-17-8-9-22-21(15-23(26)27-24(22)18(17)2)16-25-12-10-20(11-13-25)14-19-6-4-3-5-7-19/h3-9,15,20H,10-14,16H2,1-2H3/p+1. The molecule has 0 radical (unpaired) electrons. The Morgan fingerprint density at radius 1 is 1.04 bits per heavy atom. The van der Waals surface area contributed by atoms with Crippen molar-refractivity contribution >= 4 is 11.0 Å². The van der Waals surface area contributed by atoms with Crippen LogP contribution in [0.4, 0.5) is 0 Å². The maximum Gasteiger partial charge on any atom is 0.336 e. The second kappa shape index (κ2) is 7.69. The Morgan fingerprint density at radius 3 is 2.52 bits per heavy atom. The van der Waals surface area contributed by atoms with Crippen molar-refractivity contribution in [2.24, 2.45) is 5.92 Å². The van der Waals surface area contributed by atoms with Gasteiger partial charge in [-0.2, -0.15) is 0 Å². The van der Waals surface area contributed by atoms with Crippen LogP contribution in [0.25, 0.3) is 11.0 Å². The molecular weight excluding hydrogens is 334 g/mol. The van der Waals surface area contributed by atoms with Gasteiger partial charge in [0.05, 0.1) is 13.1 Å². The Kier molecular flexibility index (Phi) is 5.13. The third-order valence-electron chi connectivity index (χ3n) is 6.14. The van der Waals surface area contributed by atoms with Crippen LogP contribution in [-0.4, -0.2) is 13.1 Å². The largest absolute Gasteiger partial charge is 0.422 e. The number of likely N-dealkylation sites (tertiary alicyclic amines) is 1. The molecule has 0 saturated carbocycles. The van der Waals surface area contributed by atoms with Crippen molar-refractivity contribution in [3.8, 4) is 0 Å². The van der Waals surface area contributed by atoms with E-state index in [1.807, 2.05) is 6.92 Å². The van der Waals surface area contributed by atoms with Gasteiger partial charge in [0, 0.05) is 17.0 Å². The van der Waals surface area contributed by atoms with Crippen molar-refractivity contribution in [2.75, 3.05) is 13.1 Å². The molecule has 1 N–H and O–H groups in total. The molecule has 1 aliphatic heterocycles. The quantitative estimate of drug-likeness (QED) is 0.722. The first-order valence-corrected chi connectivity index (χ1v) is 10.0. The third kappa shape index (κ3) is 3.98. The van der Waals surface area contributed by atoms with Crippen LogP contribution < -0.4 is 10.5 Å². The van der Waals surface area contributed by atoms with Crippen molar-refractivity contribution in [1.29, 1.82) is 0 Å². The summed E-state index contributed by atoms with van der Waals surface area (Å²) in [6.07, 6.45) is 3.69. The predicted molar refractivity (Wildman–Crippen MR) is 109 cm³/mol. The Morgan fingerprint density at radius 2 is 1.78 bits per heavy atom. The smallest absolute Gasteiger partial charge is 0.336 e. The molecule has 0 bridgehead atoms. The maximum atomic E-state index is 12.1. The second-order valence-electron chi connectivity index (χ2n) is 8.03. The van der Waals surface area contributed by atoms with Crippen LogP contribution in [0.5, 0.6) is 0 Å². The van der Waals surface area contributed by atoms with Crippen LogP contribution in [0.2, 0.25) is 0 Å². The minimum atomic E-state index is -0.232. The van der Waals surface area contributed by atoms with Gasteiger partial charge in [-0.1, -0.05) is 42.5 Å². The first-order valence-electron chi connectivity index (χ1n) is 10.0. The van der Waals surface area contributed by atoms with Crippen molar-refractivity contribution in [1.82, 2.24) is 0 Å². The molecule has 140 valence electrons. The second-order valence-corrected chi connectivity index (χ2v) is 8.03. The van der Waals surface area contributed by atoms with Gasteiger partial charge in [-0.3, -0.25) is 0 Å². The van der Waals surface area contributed by atoms with E-state index < -0.39 is 0 Å². The first-order chi connectivity index (χ1) is 13.1. The lowest BCUT2D eigenvalue weighted by Crippen LogP contribution is -3.11. The van der Waals surface area contributed by atoms with Gasteiger partial charge in [0.15, 0.2) is 0 Å². The highest BCUT2D eigenvalue weighted by atomic mass is 16.4. The summed E-state index contributed by atoms with van der Waals surface area (Å²) < 4.78 is 5.52. The van der Waals surface area contributed by atoms with E-state index in [4.69, 9.17) is 4.42 Å². The molecule has 4 rings (SSSR count). The highest BCUT2D eigenvalue weighted by Gasteiger charge is 2.23. The van der Waals surface area contributed by atoms with E-state index in [9.17, 15) is 4.79 Å². The fourth-order valence-corrected chi connectivity index (χ4v) is 4.35. The minimum absolute atomic E-state index is 0.232. The van der Waals surface area contributed by atoms with E-state index in [-0.39, 0.29) is 5.63 Å². The molecule has 0 amide bonds. The number of piperidine rings is 1. The van der Waals surface area contributed by atoms with E-state index in [0.717, 1.165) is 40.1 Å². The molecule has 0 atom stereocenters. The minimum Gasteiger partial charge on any atom is -0.422 e. The van der Waals surface area contributed by atoms with Gasteiger partial charge in [-0.15, -0.1) is 0 Å². The summed E-state index contributed by atoms with van der Waals surface area (Å²) in [6, 6.07) is 16.7. The monoisotopic (exact) mass is 362 g/mol. The van der Waals surface area contributed by atoms with Crippen LogP contribution >= 0.6 is 0 Å². The Hall–Kier alpha value is -2.39. The summed E-state index contributed by atoms with van der Waals surface area (Å²) in [7, 11) is 0. The molecule has 0 spiro atoms. The van der Waals surface area contributed by atoms with Crippen LogP contribution in [0.15, 0.2) is 57.7 Å². The molecule has 3 heteroatoms. The van der Waals surface area contributed by atoms with E-state index >= 15 is 0 Å². The molecule has 1 fully saturated rings. The highest BCUT2D eigenvalue weighted by molar-refractivity contribution is 5.83. The molecule has 3 aromatic rings. The van der Waals surface area contributed by atoms with Gasteiger partial charge in [0.2, 0.25) is 0 Å². The van der Waals surface area contributed by atoms with E-state index in [1.54, 1.807) is 11.0 Å². The first kappa shape index (κ1) is 18.0. The molecule has 0 unspecified atom stereocenters. The summed E-state index contributed by atoms with van der Waals surface area (Å²) in [5.74, 6) is 0.777. The predicted octanol–water partition coefficient (Wildman–Crippen LogP) is 3.45.